The van der Waals surface area contributed by atoms with Crippen LogP contribution < -0.4 is 0 Å². The van der Waals surface area contributed by atoms with E-state index in [2.05, 4.69) is 10.1 Å². The third kappa shape index (κ3) is 3.79. The number of aromatic nitrogens is 3. The van der Waals surface area contributed by atoms with Crippen molar-refractivity contribution in [3.63, 3.8) is 0 Å². The zero-order chi connectivity index (χ0) is 19.6. The van der Waals surface area contributed by atoms with Gasteiger partial charge in [0.2, 0.25) is 11.8 Å². The Labute approximate surface area is 165 Å². The van der Waals surface area contributed by atoms with Crippen LogP contribution in [0, 0.1) is 5.41 Å². The first kappa shape index (κ1) is 18.7. The summed E-state index contributed by atoms with van der Waals surface area (Å²) in [5.41, 5.74) is 1.24. The molecule has 0 bridgehead atoms. The van der Waals surface area contributed by atoms with Gasteiger partial charge in [0.15, 0.2) is 0 Å². The van der Waals surface area contributed by atoms with Crippen LogP contribution in [0.4, 0.5) is 0 Å². The van der Waals surface area contributed by atoms with Crippen LogP contribution in [0.25, 0.3) is 0 Å². The number of hydrogen-bond donors (Lipinski definition) is 0. The molecule has 2 amide bonds. The van der Waals surface area contributed by atoms with Crippen LogP contribution in [-0.2, 0) is 16.1 Å². The molecule has 7 heteroatoms. The van der Waals surface area contributed by atoms with Crippen LogP contribution in [0.5, 0.6) is 0 Å². The van der Waals surface area contributed by atoms with Gasteiger partial charge in [-0.2, -0.15) is 5.10 Å². The standard InChI is InChI=1S/C21H27N5O2/c1-17(26-12-2-9-23-26)20(28)24-13-7-21(8-14-24)6-3-19(27)25(16-21)15-18-4-10-22-11-5-18/h2,4-5,9-12,17H,3,6-8,13-16H2,1H3. The molecule has 7 nitrogen and oxygen atoms in total. The summed E-state index contributed by atoms with van der Waals surface area (Å²) in [6.07, 6.45) is 10.5. The van der Waals surface area contributed by atoms with Gasteiger partial charge in [0.05, 0.1) is 0 Å². The summed E-state index contributed by atoms with van der Waals surface area (Å²) in [5.74, 6) is 0.354. The van der Waals surface area contributed by atoms with Crippen molar-refractivity contribution in [2.75, 3.05) is 19.6 Å². The van der Waals surface area contributed by atoms with Crippen LogP contribution in [0.3, 0.4) is 0 Å². The Morgan fingerprint density at radius 3 is 2.61 bits per heavy atom. The second-order valence-electron chi connectivity index (χ2n) is 8.09. The van der Waals surface area contributed by atoms with Gasteiger partial charge in [0.1, 0.15) is 6.04 Å². The number of nitrogens with zero attached hydrogens (tertiary/aromatic N) is 5. The minimum atomic E-state index is -0.278. The van der Waals surface area contributed by atoms with E-state index >= 15 is 0 Å². The van der Waals surface area contributed by atoms with E-state index in [0.717, 1.165) is 44.5 Å². The molecule has 2 aliphatic rings. The third-order valence-corrected chi connectivity index (χ3v) is 6.29. The molecule has 28 heavy (non-hydrogen) atoms. The molecule has 2 saturated heterocycles. The van der Waals surface area contributed by atoms with Gasteiger partial charge < -0.3 is 9.80 Å². The lowest BCUT2D eigenvalue weighted by Gasteiger charge is -2.47. The highest BCUT2D eigenvalue weighted by Crippen LogP contribution is 2.41. The summed E-state index contributed by atoms with van der Waals surface area (Å²) in [5, 5.41) is 4.19. The molecular formula is C21H27N5O2. The summed E-state index contributed by atoms with van der Waals surface area (Å²) >= 11 is 0. The molecule has 2 aromatic heterocycles. The monoisotopic (exact) mass is 381 g/mol. The molecule has 0 saturated carbocycles. The number of pyridine rings is 1. The maximum atomic E-state index is 12.8. The first-order valence-corrected chi connectivity index (χ1v) is 10.0. The Kier molecular flexibility index (Phi) is 5.15. The fourth-order valence-electron chi connectivity index (χ4n) is 4.45. The Morgan fingerprint density at radius 2 is 1.93 bits per heavy atom. The van der Waals surface area contributed by atoms with Crippen molar-refractivity contribution in [1.82, 2.24) is 24.6 Å². The van der Waals surface area contributed by atoms with E-state index in [1.807, 2.05) is 41.1 Å². The highest BCUT2D eigenvalue weighted by Gasteiger charge is 2.42. The van der Waals surface area contributed by atoms with Gasteiger partial charge in [-0.15, -0.1) is 0 Å². The largest absolute Gasteiger partial charge is 0.341 e. The normalized spacial score (nSPS) is 20.4. The quantitative estimate of drug-likeness (QED) is 0.815. The van der Waals surface area contributed by atoms with Gasteiger partial charge >= 0.3 is 0 Å². The number of amides is 2. The van der Waals surface area contributed by atoms with Crippen molar-refractivity contribution in [1.29, 1.82) is 0 Å². The molecule has 1 unspecified atom stereocenters. The van der Waals surface area contributed by atoms with E-state index in [4.69, 9.17) is 0 Å². The molecule has 4 rings (SSSR count). The smallest absolute Gasteiger partial charge is 0.247 e. The first-order chi connectivity index (χ1) is 13.6. The van der Waals surface area contributed by atoms with E-state index in [0.29, 0.717) is 13.0 Å². The van der Waals surface area contributed by atoms with Gasteiger partial charge in [-0.1, -0.05) is 0 Å². The molecular weight excluding hydrogens is 354 g/mol. The van der Waals surface area contributed by atoms with Crippen molar-refractivity contribution in [3.05, 3.63) is 48.5 Å². The minimum absolute atomic E-state index is 0.124. The van der Waals surface area contributed by atoms with Gasteiger partial charge in [-0.3, -0.25) is 19.3 Å². The van der Waals surface area contributed by atoms with Crippen molar-refractivity contribution in [2.24, 2.45) is 5.41 Å². The van der Waals surface area contributed by atoms with Crippen LogP contribution in [0.1, 0.15) is 44.2 Å². The summed E-state index contributed by atoms with van der Waals surface area (Å²) in [6.45, 7) is 4.83. The number of hydrogen-bond acceptors (Lipinski definition) is 4. The zero-order valence-electron chi connectivity index (χ0n) is 16.3. The molecule has 2 fully saturated rings. The average Bonchev–Trinajstić information content (AvgIpc) is 3.26. The van der Waals surface area contributed by atoms with Gasteiger partial charge in [0, 0.05) is 57.4 Å². The van der Waals surface area contributed by atoms with Crippen molar-refractivity contribution >= 4 is 11.8 Å². The predicted octanol–water partition coefficient (Wildman–Crippen LogP) is 2.27. The summed E-state index contributed by atoms with van der Waals surface area (Å²) in [6, 6.07) is 5.49. The van der Waals surface area contributed by atoms with E-state index in [-0.39, 0.29) is 23.3 Å². The van der Waals surface area contributed by atoms with E-state index in [1.54, 1.807) is 23.3 Å². The van der Waals surface area contributed by atoms with Crippen LogP contribution in [-0.4, -0.2) is 56.0 Å². The van der Waals surface area contributed by atoms with Gasteiger partial charge in [0.25, 0.3) is 0 Å². The molecule has 1 spiro atoms. The number of piperidine rings is 2. The fraction of sp³-hybridized carbons (Fsp3) is 0.524. The highest BCUT2D eigenvalue weighted by molar-refractivity contribution is 5.80. The number of carbonyl (C=O) groups excluding carboxylic acids is 2. The molecule has 1 atom stereocenters. The highest BCUT2D eigenvalue weighted by atomic mass is 16.2. The van der Waals surface area contributed by atoms with Crippen molar-refractivity contribution in [3.8, 4) is 0 Å². The average molecular weight is 381 g/mol. The van der Waals surface area contributed by atoms with Crippen molar-refractivity contribution < 1.29 is 9.59 Å². The number of likely N-dealkylation sites (tertiary alicyclic amines) is 2. The lowest BCUT2D eigenvalue weighted by atomic mass is 9.72. The van der Waals surface area contributed by atoms with E-state index in [1.165, 1.54) is 0 Å². The van der Waals surface area contributed by atoms with Crippen LogP contribution in [0.2, 0.25) is 0 Å². The number of rotatable bonds is 4. The Bertz CT molecular complexity index is 813. The number of carbonyl (C=O) groups is 2. The first-order valence-electron chi connectivity index (χ1n) is 10.0. The zero-order valence-corrected chi connectivity index (χ0v) is 16.3. The van der Waals surface area contributed by atoms with Gasteiger partial charge in [-0.25, -0.2) is 0 Å². The summed E-state index contributed by atoms with van der Waals surface area (Å²) in [4.78, 5) is 33.3. The molecule has 2 aromatic rings. The molecule has 0 radical (unpaired) electrons. The van der Waals surface area contributed by atoms with E-state index < -0.39 is 0 Å². The summed E-state index contributed by atoms with van der Waals surface area (Å²) in [7, 11) is 0. The second-order valence-corrected chi connectivity index (χ2v) is 8.09. The van der Waals surface area contributed by atoms with Crippen LogP contribution in [0.15, 0.2) is 43.0 Å². The van der Waals surface area contributed by atoms with Crippen molar-refractivity contribution in [2.45, 2.75) is 45.2 Å². The molecule has 0 aliphatic carbocycles. The Hall–Kier alpha value is -2.70. The molecule has 0 N–H and O–H groups in total. The Morgan fingerprint density at radius 1 is 1.18 bits per heavy atom. The lowest BCUT2D eigenvalue weighted by Crippen LogP contribution is -2.52. The molecule has 4 heterocycles. The minimum Gasteiger partial charge on any atom is -0.341 e. The molecule has 2 aliphatic heterocycles. The molecule has 148 valence electrons. The second kappa shape index (κ2) is 7.73. The maximum Gasteiger partial charge on any atom is 0.247 e. The fourth-order valence-corrected chi connectivity index (χ4v) is 4.45. The van der Waals surface area contributed by atoms with Gasteiger partial charge in [-0.05, 0) is 55.4 Å². The SMILES string of the molecule is CC(C(=O)N1CCC2(CCC(=O)N(Cc3ccncc3)C2)CC1)n1cccn1. The van der Waals surface area contributed by atoms with Crippen LogP contribution >= 0.6 is 0 Å². The lowest BCUT2D eigenvalue weighted by molar-refractivity contribution is -0.144. The Balaban J connectivity index is 1.37. The third-order valence-electron chi connectivity index (χ3n) is 6.29. The predicted molar refractivity (Wildman–Crippen MR) is 104 cm³/mol. The molecule has 0 aromatic carbocycles. The topological polar surface area (TPSA) is 71.3 Å². The maximum absolute atomic E-state index is 12.8. The van der Waals surface area contributed by atoms with E-state index in [9.17, 15) is 9.59 Å². The summed E-state index contributed by atoms with van der Waals surface area (Å²) < 4.78 is 1.71.